The topological polar surface area (TPSA) is 56.8 Å². The first-order valence-electron chi connectivity index (χ1n) is 6.73. The average molecular weight is 235 g/mol. The molecule has 5 nitrogen and oxygen atoms in total. The first-order valence-corrected chi connectivity index (χ1v) is 6.73. The van der Waals surface area contributed by atoms with Gasteiger partial charge in [-0.15, -0.1) is 0 Å². The lowest BCUT2D eigenvalue weighted by molar-refractivity contribution is 0.167. The van der Waals surface area contributed by atoms with E-state index in [0.29, 0.717) is 6.04 Å². The van der Waals surface area contributed by atoms with Crippen molar-refractivity contribution in [2.45, 2.75) is 44.2 Å². The molecule has 5 heteroatoms. The van der Waals surface area contributed by atoms with Gasteiger partial charge >= 0.3 is 0 Å². The lowest BCUT2D eigenvalue weighted by atomic mass is 9.97. The van der Waals surface area contributed by atoms with Crippen LogP contribution in [0.2, 0.25) is 0 Å². The third kappa shape index (κ3) is 2.66. The monoisotopic (exact) mass is 235 g/mol. The third-order valence-electron chi connectivity index (χ3n) is 4.08. The average Bonchev–Trinajstić information content (AvgIpc) is 2.98. The molecule has 2 aliphatic heterocycles. The van der Waals surface area contributed by atoms with E-state index in [2.05, 4.69) is 25.4 Å². The second-order valence-electron chi connectivity index (χ2n) is 5.19. The van der Waals surface area contributed by atoms with Crippen LogP contribution in [0.4, 0.5) is 0 Å². The number of aromatic nitrogens is 3. The van der Waals surface area contributed by atoms with Crippen molar-refractivity contribution in [3.05, 3.63) is 12.2 Å². The van der Waals surface area contributed by atoms with Gasteiger partial charge in [0.25, 0.3) is 0 Å². The molecule has 2 N–H and O–H groups in total. The minimum atomic E-state index is 0.706. The molecule has 3 heterocycles. The number of nitrogens with one attached hydrogen (secondary N) is 2. The summed E-state index contributed by atoms with van der Waals surface area (Å²) in [6, 6.07) is 1.56. The van der Waals surface area contributed by atoms with Gasteiger partial charge in [-0.3, -0.25) is 5.10 Å². The van der Waals surface area contributed by atoms with Crippen molar-refractivity contribution >= 4 is 0 Å². The molecule has 0 aromatic carbocycles. The maximum absolute atomic E-state index is 4.14. The van der Waals surface area contributed by atoms with Crippen molar-refractivity contribution in [2.75, 3.05) is 19.6 Å². The minimum Gasteiger partial charge on any atom is -0.313 e. The lowest BCUT2D eigenvalue weighted by Gasteiger charge is -2.35. The first kappa shape index (κ1) is 11.2. The van der Waals surface area contributed by atoms with Gasteiger partial charge < -0.3 is 10.2 Å². The molecule has 2 aliphatic rings. The quantitative estimate of drug-likeness (QED) is 0.801. The summed E-state index contributed by atoms with van der Waals surface area (Å²) >= 11 is 0. The van der Waals surface area contributed by atoms with E-state index in [0.717, 1.165) is 24.8 Å². The summed E-state index contributed by atoms with van der Waals surface area (Å²) in [6.07, 6.45) is 7.95. The number of hydrogen-bond donors (Lipinski definition) is 2. The molecular weight excluding hydrogens is 214 g/mol. The molecular formula is C12H21N5. The van der Waals surface area contributed by atoms with Crippen molar-refractivity contribution in [3.8, 4) is 0 Å². The van der Waals surface area contributed by atoms with Gasteiger partial charge in [-0.05, 0) is 38.8 Å². The Morgan fingerprint density at radius 3 is 3.29 bits per heavy atom. The first-order chi connectivity index (χ1) is 8.42. The van der Waals surface area contributed by atoms with Crippen molar-refractivity contribution in [2.24, 2.45) is 0 Å². The zero-order valence-corrected chi connectivity index (χ0v) is 10.2. The second kappa shape index (κ2) is 5.14. The van der Waals surface area contributed by atoms with Gasteiger partial charge in [-0.25, -0.2) is 4.98 Å². The van der Waals surface area contributed by atoms with E-state index in [9.17, 15) is 0 Å². The van der Waals surface area contributed by atoms with Crippen LogP contribution in [-0.4, -0.2) is 51.8 Å². The van der Waals surface area contributed by atoms with Crippen LogP contribution in [0.3, 0.4) is 0 Å². The number of nitrogens with zero attached hydrogens (tertiary/aromatic N) is 3. The summed E-state index contributed by atoms with van der Waals surface area (Å²) < 4.78 is 0. The molecule has 2 unspecified atom stereocenters. The maximum atomic E-state index is 4.14. The Balaban J connectivity index is 1.40. The smallest absolute Gasteiger partial charge is 0.137 e. The zero-order chi connectivity index (χ0) is 11.5. The fourth-order valence-corrected chi connectivity index (χ4v) is 3.16. The number of hydrogen-bond acceptors (Lipinski definition) is 4. The molecule has 2 atom stereocenters. The van der Waals surface area contributed by atoms with Crippen LogP contribution < -0.4 is 5.32 Å². The summed E-state index contributed by atoms with van der Waals surface area (Å²) in [5.74, 6) is 0.982. The summed E-state index contributed by atoms with van der Waals surface area (Å²) in [5.41, 5.74) is 0. The lowest BCUT2D eigenvalue weighted by Crippen LogP contribution is -2.46. The molecule has 17 heavy (non-hydrogen) atoms. The van der Waals surface area contributed by atoms with Gasteiger partial charge in [-0.2, -0.15) is 5.10 Å². The molecule has 0 saturated carbocycles. The molecule has 94 valence electrons. The van der Waals surface area contributed by atoms with E-state index in [1.165, 1.54) is 38.8 Å². The van der Waals surface area contributed by atoms with Gasteiger partial charge in [0.15, 0.2) is 0 Å². The highest BCUT2D eigenvalue weighted by molar-refractivity contribution is 4.90. The predicted molar refractivity (Wildman–Crippen MR) is 65.7 cm³/mol. The van der Waals surface area contributed by atoms with E-state index >= 15 is 0 Å². The van der Waals surface area contributed by atoms with E-state index < -0.39 is 0 Å². The molecule has 2 saturated heterocycles. The Labute approximate surface area is 102 Å². The molecule has 0 spiro atoms. The van der Waals surface area contributed by atoms with E-state index in [1.807, 2.05) is 0 Å². The van der Waals surface area contributed by atoms with E-state index in [1.54, 1.807) is 6.33 Å². The SMILES string of the molecule is c1n[nH]c(CCNC2CCN3CCCC3C2)n1. The Hall–Kier alpha value is -0.940. The Kier molecular flexibility index (Phi) is 3.38. The van der Waals surface area contributed by atoms with Crippen LogP contribution in [0.25, 0.3) is 0 Å². The highest BCUT2D eigenvalue weighted by Gasteiger charge is 2.31. The number of rotatable bonds is 4. The predicted octanol–water partition coefficient (Wildman–Crippen LogP) is 0.564. The fourth-order valence-electron chi connectivity index (χ4n) is 3.16. The standard InChI is InChI=1S/C12H21N5/c1-2-11-8-10(4-7-17(11)6-1)13-5-3-12-14-9-15-16-12/h9-11,13H,1-8H2,(H,14,15,16). The normalized spacial score (nSPS) is 29.4. The Morgan fingerprint density at radius 1 is 1.41 bits per heavy atom. The van der Waals surface area contributed by atoms with Crippen molar-refractivity contribution < 1.29 is 0 Å². The molecule has 1 aromatic rings. The molecule has 1 aromatic heterocycles. The van der Waals surface area contributed by atoms with Gasteiger partial charge in [0.05, 0.1) is 0 Å². The van der Waals surface area contributed by atoms with Crippen LogP contribution in [-0.2, 0) is 6.42 Å². The van der Waals surface area contributed by atoms with Gasteiger partial charge in [0.2, 0.25) is 0 Å². The minimum absolute atomic E-state index is 0.706. The van der Waals surface area contributed by atoms with Crippen LogP contribution in [0.1, 0.15) is 31.5 Å². The number of aromatic amines is 1. The molecule has 3 rings (SSSR count). The fraction of sp³-hybridized carbons (Fsp3) is 0.833. The maximum Gasteiger partial charge on any atom is 0.137 e. The summed E-state index contributed by atoms with van der Waals surface area (Å²) in [5, 5.41) is 10.4. The Bertz CT molecular complexity index is 337. The molecule has 2 fully saturated rings. The van der Waals surface area contributed by atoms with E-state index in [-0.39, 0.29) is 0 Å². The van der Waals surface area contributed by atoms with E-state index in [4.69, 9.17) is 0 Å². The number of piperidine rings is 1. The van der Waals surface area contributed by atoms with Crippen LogP contribution in [0.15, 0.2) is 6.33 Å². The Morgan fingerprint density at radius 2 is 2.41 bits per heavy atom. The van der Waals surface area contributed by atoms with Gasteiger partial charge in [0, 0.05) is 25.0 Å². The summed E-state index contributed by atoms with van der Waals surface area (Å²) in [6.45, 7) is 3.62. The van der Waals surface area contributed by atoms with Crippen LogP contribution in [0.5, 0.6) is 0 Å². The summed E-state index contributed by atoms with van der Waals surface area (Å²) in [7, 11) is 0. The molecule has 0 bridgehead atoms. The van der Waals surface area contributed by atoms with Gasteiger partial charge in [0.1, 0.15) is 12.2 Å². The van der Waals surface area contributed by atoms with Crippen molar-refractivity contribution in [1.29, 1.82) is 0 Å². The summed E-state index contributed by atoms with van der Waals surface area (Å²) in [4.78, 5) is 6.80. The molecule has 0 amide bonds. The largest absolute Gasteiger partial charge is 0.313 e. The number of H-pyrrole nitrogens is 1. The van der Waals surface area contributed by atoms with Crippen molar-refractivity contribution in [1.82, 2.24) is 25.4 Å². The van der Waals surface area contributed by atoms with Gasteiger partial charge in [-0.1, -0.05) is 0 Å². The second-order valence-corrected chi connectivity index (χ2v) is 5.19. The highest BCUT2D eigenvalue weighted by Crippen LogP contribution is 2.26. The third-order valence-corrected chi connectivity index (χ3v) is 4.08. The van der Waals surface area contributed by atoms with Crippen LogP contribution in [0, 0.1) is 0 Å². The molecule has 0 aliphatic carbocycles. The molecule has 0 radical (unpaired) electrons. The van der Waals surface area contributed by atoms with Crippen LogP contribution >= 0.6 is 0 Å². The number of fused-ring (bicyclic) bond motifs is 1. The zero-order valence-electron chi connectivity index (χ0n) is 10.2. The highest BCUT2D eigenvalue weighted by atomic mass is 15.2. The van der Waals surface area contributed by atoms with Crippen molar-refractivity contribution in [3.63, 3.8) is 0 Å².